The zero-order chi connectivity index (χ0) is 17.3. The molecule has 0 radical (unpaired) electrons. The topological polar surface area (TPSA) is 29.5 Å². The molecule has 0 N–H and O–H groups in total. The van der Waals surface area contributed by atoms with E-state index < -0.39 is 11.6 Å². The molecule has 2 aromatic rings. The lowest BCUT2D eigenvalue weighted by atomic mass is 10.2. The van der Waals surface area contributed by atoms with Gasteiger partial charge in [0.15, 0.2) is 4.32 Å². The van der Waals surface area contributed by atoms with Crippen molar-refractivity contribution in [3.05, 3.63) is 64.6 Å². The molecular weight excluding hydrogens is 352 g/mol. The Labute approximate surface area is 146 Å². The first kappa shape index (κ1) is 16.6. The molecule has 2 aromatic carbocycles. The summed E-state index contributed by atoms with van der Waals surface area (Å²) in [6.45, 7) is 0. The van der Waals surface area contributed by atoms with Gasteiger partial charge >= 0.3 is 0 Å². The molecule has 1 fully saturated rings. The molecule has 0 unspecified atom stereocenters. The number of carbonyl (C=O) groups is 1. The SMILES string of the molecule is COc1cccc(N2C(=O)/C(=C/c3ccc(F)cc3F)SC2=S)c1. The van der Waals surface area contributed by atoms with Crippen molar-refractivity contribution in [1.82, 2.24) is 0 Å². The first-order chi connectivity index (χ1) is 11.5. The van der Waals surface area contributed by atoms with Gasteiger partial charge < -0.3 is 4.74 Å². The second-order valence-electron chi connectivity index (χ2n) is 4.88. The fourth-order valence-electron chi connectivity index (χ4n) is 2.20. The highest BCUT2D eigenvalue weighted by Gasteiger charge is 2.33. The van der Waals surface area contributed by atoms with Crippen LogP contribution in [0.15, 0.2) is 47.4 Å². The Morgan fingerprint density at radius 2 is 2.00 bits per heavy atom. The molecule has 1 saturated heterocycles. The molecule has 0 bridgehead atoms. The zero-order valence-electron chi connectivity index (χ0n) is 12.5. The maximum atomic E-state index is 13.8. The third kappa shape index (κ3) is 3.18. The molecule has 24 heavy (non-hydrogen) atoms. The van der Waals surface area contributed by atoms with E-state index in [2.05, 4.69) is 0 Å². The Morgan fingerprint density at radius 1 is 1.21 bits per heavy atom. The first-order valence-electron chi connectivity index (χ1n) is 6.86. The number of thioether (sulfide) groups is 1. The van der Waals surface area contributed by atoms with Crippen molar-refractivity contribution in [2.75, 3.05) is 12.0 Å². The Balaban J connectivity index is 1.95. The van der Waals surface area contributed by atoms with Gasteiger partial charge in [-0.05, 0) is 30.3 Å². The van der Waals surface area contributed by atoms with Crippen LogP contribution in [0, 0.1) is 11.6 Å². The van der Waals surface area contributed by atoms with Crippen molar-refractivity contribution in [2.24, 2.45) is 0 Å². The summed E-state index contributed by atoms with van der Waals surface area (Å²) in [5.74, 6) is -1.17. The standard InChI is InChI=1S/C17H11F2NO2S2/c1-22-13-4-2-3-12(9-13)20-16(21)15(24-17(20)23)7-10-5-6-11(18)8-14(10)19/h2-9H,1H3/b15-7-. The van der Waals surface area contributed by atoms with Crippen LogP contribution in [-0.4, -0.2) is 17.3 Å². The van der Waals surface area contributed by atoms with E-state index in [1.807, 2.05) is 0 Å². The minimum atomic E-state index is -0.735. The van der Waals surface area contributed by atoms with Crippen LogP contribution in [0.2, 0.25) is 0 Å². The van der Waals surface area contributed by atoms with Gasteiger partial charge in [-0.25, -0.2) is 8.78 Å². The largest absolute Gasteiger partial charge is 0.497 e. The summed E-state index contributed by atoms with van der Waals surface area (Å²) in [5.41, 5.74) is 0.697. The van der Waals surface area contributed by atoms with Gasteiger partial charge in [-0.2, -0.15) is 0 Å². The fraction of sp³-hybridized carbons (Fsp3) is 0.0588. The van der Waals surface area contributed by atoms with Crippen molar-refractivity contribution in [2.45, 2.75) is 0 Å². The summed E-state index contributed by atoms with van der Waals surface area (Å²) in [7, 11) is 1.53. The number of nitrogens with zero attached hydrogens (tertiary/aromatic N) is 1. The van der Waals surface area contributed by atoms with Crippen LogP contribution in [0.3, 0.4) is 0 Å². The number of halogens is 2. The molecule has 0 atom stereocenters. The van der Waals surface area contributed by atoms with Gasteiger partial charge in [0.05, 0.1) is 17.7 Å². The summed E-state index contributed by atoms with van der Waals surface area (Å²) in [4.78, 5) is 14.2. The molecule has 1 aliphatic heterocycles. The number of anilines is 1. The van der Waals surface area contributed by atoms with Crippen LogP contribution in [-0.2, 0) is 4.79 Å². The molecule has 1 aliphatic rings. The van der Waals surface area contributed by atoms with Crippen molar-refractivity contribution in [3.8, 4) is 5.75 Å². The first-order valence-corrected chi connectivity index (χ1v) is 8.09. The predicted molar refractivity (Wildman–Crippen MR) is 95.0 cm³/mol. The van der Waals surface area contributed by atoms with E-state index in [9.17, 15) is 13.6 Å². The third-order valence-electron chi connectivity index (χ3n) is 3.35. The van der Waals surface area contributed by atoms with E-state index >= 15 is 0 Å². The monoisotopic (exact) mass is 363 g/mol. The summed E-state index contributed by atoms with van der Waals surface area (Å²) in [5, 5.41) is 0. The molecular formula is C17H11F2NO2S2. The lowest BCUT2D eigenvalue weighted by Gasteiger charge is -2.15. The molecule has 3 nitrogen and oxygen atoms in total. The number of methoxy groups -OCH3 is 1. The van der Waals surface area contributed by atoms with Crippen LogP contribution >= 0.6 is 24.0 Å². The van der Waals surface area contributed by atoms with Crippen molar-refractivity contribution in [3.63, 3.8) is 0 Å². The van der Waals surface area contributed by atoms with Gasteiger partial charge in [-0.3, -0.25) is 9.69 Å². The van der Waals surface area contributed by atoms with Gasteiger partial charge in [0.2, 0.25) is 0 Å². The molecule has 122 valence electrons. The number of carbonyl (C=O) groups excluding carboxylic acids is 1. The van der Waals surface area contributed by atoms with Gasteiger partial charge in [-0.15, -0.1) is 0 Å². The van der Waals surface area contributed by atoms with Crippen molar-refractivity contribution >= 4 is 46.0 Å². The summed E-state index contributed by atoms with van der Waals surface area (Å²) < 4.78 is 32.2. The average Bonchev–Trinajstić information content (AvgIpc) is 2.84. The maximum absolute atomic E-state index is 13.8. The molecule has 0 saturated carbocycles. The summed E-state index contributed by atoms with van der Waals surface area (Å²) in [6.07, 6.45) is 1.37. The van der Waals surface area contributed by atoms with Crippen LogP contribution in [0.5, 0.6) is 5.75 Å². The maximum Gasteiger partial charge on any atom is 0.270 e. The number of benzene rings is 2. The molecule has 1 amide bonds. The van der Waals surface area contributed by atoms with Crippen LogP contribution in [0.25, 0.3) is 6.08 Å². The van der Waals surface area contributed by atoms with Gasteiger partial charge in [0.25, 0.3) is 5.91 Å². The zero-order valence-corrected chi connectivity index (χ0v) is 14.1. The molecule has 1 heterocycles. The number of rotatable bonds is 3. The number of hydrogen-bond acceptors (Lipinski definition) is 4. The highest BCUT2D eigenvalue weighted by atomic mass is 32.2. The Morgan fingerprint density at radius 3 is 2.71 bits per heavy atom. The highest BCUT2D eigenvalue weighted by molar-refractivity contribution is 8.27. The third-order valence-corrected chi connectivity index (χ3v) is 4.66. The van der Waals surface area contributed by atoms with E-state index in [0.29, 0.717) is 15.8 Å². The molecule has 0 aromatic heterocycles. The molecule has 0 spiro atoms. The number of thiocarbonyl (C=S) groups is 1. The number of amides is 1. The summed E-state index contributed by atoms with van der Waals surface area (Å²) in [6, 6.07) is 10.1. The van der Waals surface area contributed by atoms with Gasteiger partial charge in [-0.1, -0.05) is 30.0 Å². The lowest BCUT2D eigenvalue weighted by molar-refractivity contribution is -0.113. The van der Waals surface area contributed by atoms with Gasteiger partial charge in [0.1, 0.15) is 17.4 Å². The minimum Gasteiger partial charge on any atom is -0.497 e. The second kappa shape index (κ2) is 6.70. The Hall–Kier alpha value is -2.25. The van der Waals surface area contributed by atoms with E-state index in [-0.39, 0.29) is 16.4 Å². The van der Waals surface area contributed by atoms with E-state index in [1.54, 1.807) is 24.3 Å². The van der Waals surface area contributed by atoms with Crippen molar-refractivity contribution in [1.29, 1.82) is 0 Å². The lowest BCUT2D eigenvalue weighted by Crippen LogP contribution is -2.27. The van der Waals surface area contributed by atoms with E-state index in [0.717, 1.165) is 23.9 Å². The smallest absolute Gasteiger partial charge is 0.270 e. The summed E-state index contributed by atoms with van der Waals surface area (Å²) >= 11 is 6.32. The second-order valence-corrected chi connectivity index (χ2v) is 6.56. The normalized spacial score (nSPS) is 16.1. The average molecular weight is 363 g/mol. The number of hydrogen-bond donors (Lipinski definition) is 0. The fourth-order valence-corrected chi connectivity index (χ4v) is 3.49. The van der Waals surface area contributed by atoms with E-state index in [4.69, 9.17) is 17.0 Å². The van der Waals surface area contributed by atoms with Crippen LogP contribution in [0.1, 0.15) is 5.56 Å². The molecule has 3 rings (SSSR count). The Kier molecular flexibility index (Phi) is 4.64. The van der Waals surface area contributed by atoms with Crippen molar-refractivity contribution < 1.29 is 18.3 Å². The van der Waals surface area contributed by atoms with E-state index in [1.165, 1.54) is 24.2 Å². The molecule has 0 aliphatic carbocycles. The number of ether oxygens (including phenoxy) is 1. The Bertz CT molecular complexity index is 867. The molecule has 7 heteroatoms. The highest BCUT2D eigenvalue weighted by Crippen LogP contribution is 2.37. The van der Waals surface area contributed by atoms with Gasteiger partial charge in [0, 0.05) is 17.7 Å². The van der Waals surface area contributed by atoms with Crippen LogP contribution in [0.4, 0.5) is 14.5 Å². The predicted octanol–water partition coefficient (Wildman–Crippen LogP) is 4.38. The van der Waals surface area contributed by atoms with Crippen LogP contribution < -0.4 is 9.64 Å². The quantitative estimate of drug-likeness (QED) is 0.598. The minimum absolute atomic E-state index is 0.127.